The van der Waals surface area contributed by atoms with Crippen LogP contribution < -0.4 is 9.47 Å². The summed E-state index contributed by atoms with van der Waals surface area (Å²) in [6.07, 6.45) is 3.58. The van der Waals surface area contributed by atoms with Crippen molar-refractivity contribution < 1.29 is 23.8 Å². The van der Waals surface area contributed by atoms with Crippen molar-refractivity contribution in [3.8, 4) is 11.5 Å². The summed E-state index contributed by atoms with van der Waals surface area (Å²) < 4.78 is 17.1. The van der Waals surface area contributed by atoms with E-state index in [2.05, 4.69) is 11.9 Å². The lowest BCUT2D eigenvalue weighted by Gasteiger charge is -2.39. The second kappa shape index (κ2) is 11.6. The maximum atomic E-state index is 13.2. The standard InChI is InChI=1S/C25H34N2O5S/c1-6-7-8-12-31-19-10-9-18(14-20(19)30-5)23-22(24(29)32-15-16(2)3)17(4)26-25-27(23)21(28)11-13-33-25/h9-10,14,16,23H,6-8,11-13,15H2,1-5H3/t23-/m1/s1. The van der Waals surface area contributed by atoms with Crippen LogP contribution in [0.4, 0.5) is 0 Å². The van der Waals surface area contributed by atoms with Crippen molar-refractivity contribution in [3.63, 3.8) is 0 Å². The average Bonchev–Trinajstić information content (AvgIpc) is 2.79. The Balaban J connectivity index is 1.99. The first kappa shape index (κ1) is 25.1. The summed E-state index contributed by atoms with van der Waals surface area (Å²) in [5, 5.41) is 0.619. The van der Waals surface area contributed by atoms with Gasteiger partial charge in [0.2, 0.25) is 5.91 Å². The Bertz CT molecular complexity index is 941. The minimum absolute atomic E-state index is 0.0574. The molecule has 1 saturated heterocycles. The number of thioether (sulfide) groups is 1. The van der Waals surface area contributed by atoms with E-state index in [1.54, 1.807) is 18.9 Å². The van der Waals surface area contributed by atoms with Crippen LogP contribution in [0.2, 0.25) is 0 Å². The molecule has 1 aromatic rings. The molecule has 180 valence electrons. The number of ether oxygens (including phenoxy) is 3. The minimum Gasteiger partial charge on any atom is -0.493 e. The molecule has 0 spiro atoms. The van der Waals surface area contributed by atoms with Gasteiger partial charge in [0.05, 0.1) is 37.6 Å². The van der Waals surface area contributed by atoms with E-state index >= 15 is 0 Å². The smallest absolute Gasteiger partial charge is 0.338 e. The number of methoxy groups -OCH3 is 1. The van der Waals surface area contributed by atoms with E-state index in [-0.39, 0.29) is 11.8 Å². The Morgan fingerprint density at radius 2 is 2.06 bits per heavy atom. The van der Waals surface area contributed by atoms with Gasteiger partial charge < -0.3 is 14.2 Å². The summed E-state index contributed by atoms with van der Waals surface area (Å²) in [4.78, 5) is 32.3. The number of rotatable bonds is 10. The largest absolute Gasteiger partial charge is 0.493 e. The SMILES string of the molecule is CCCCCOc1ccc([C@@H]2C(C(=O)OCC(C)C)=C(C)N=C3SCCC(=O)N32)cc1OC. The van der Waals surface area contributed by atoms with Gasteiger partial charge in [-0.3, -0.25) is 9.69 Å². The van der Waals surface area contributed by atoms with E-state index in [9.17, 15) is 9.59 Å². The molecule has 7 nitrogen and oxygen atoms in total. The molecule has 2 heterocycles. The average molecular weight is 475 g/mol. The molecule has 8 heteroatoms. The molecule has 0 N–H and O–H groups in total. The summed E-state index contributed by atoms with van der Waals surface area (Å²) in [7, 11) is 1.59. The van der Waals surface area contributed by atoms with Crippen molar-refractivity contribution in [2.45, 2.75) is 59.4 Å². The van der Waals surface area contributed by atoms with Gasteiger partial charge in [-0.2, -0.15) is 0 Å². The predicted molar refractivity (Wildman–Crippen MR) is 131 cm³/mol. The molecule has 1 amide bonds. The Labute approximate surface area is 200 Å². The summed E-state index contributed by atoms with van der Waals surface area (Å²) in [6.45, 7) is 8.82. The van der Waals surface area contributed by atoms with Crippen molar-refractivity contribution in [1.82, 2.24) is 4.90 Å². The predicted octanol–water partition coefficient (Wildman–Crippen LogP) is 5.11. The van der Waals surface area contributed by atoms with Crippen molar-refractivity contribution in [2.75, 3.05) is 26.1 Å². The maximum absolute atomic E-state index is 13.2. The number of benzene rings is 1. The number of amides is 1. The van der Waals surface area contributed by atoms with Crippen molar-refractivity contribution >= 4 is 28.8 Å². The summed E-state index contributed by atoms with van der Waals surface area (Å²) >= 11 is 1.53. The molecule has 0 aromatic heterocycles. The zero-order valence-corrected chi connectivity index (χ0v) is 21.0. The van der Waals surface area contributed by atoms with Crippen molar-refractivity contribution in [2.24, 2.45) is 10.9 Å². The highest BCUT2D eigenvalue weighted by molar-refractivity contribution is 8.14. The monoisotopic (exact) mass is 474 g/mol. The zero-order chi connectivity index (χ0) is 24.0. The van der Waals surface area contributed by atoms with Gasteiger partial charge in [0.15, 0.2) is 16.7 Å². The quantitative estimate of drug-likeness (QED) is 0.346. The third kappa shape index (κ3) is 5.91. The molecule has 0 unspecified atom stereocenters. The van der Waals surface area contributed by atoms with Gasteiger partial charge in [0, 0.05) is 12.2 Å². The Hall–Kier alpha value is -2.48. The molecule has 1 atom stereocenters. The summed E-state index contributed by atoms with van der Waals surface area (Å²) in [6, 6.07) is 4.96. The lowest BCUT2D eigenvalue weighted by molar-refractivity contribution is -0.141. The number of amidine groups is 1. The highest BCUT2D eigenvalue weighted by Crippen LogP contribution is 2.42. The van der Waals surface area contributed by atoms with Crippen LogP contribution in [0, 0.1) is 5.92 Å². The number of unbranched alkanes of at least 4 members (excludes halogenated alkanes) is 2. The molecule has 2 aliphatic rings. The van der Waals surface area contributed by atoms with Crippen LogP contribution in [0.5, 0.6) is 11.5 Å². The number of carbonyl (C=O) groups excluding carboxylic acids is 2. The van der Waals surface area contributed by atoms with Gasteiger partial charge in [-0.1, -0.05) is 51.4 Å². The highest BCUT2D eigenvalue weighted by atomic mass is 32.2. The topological polar surface area (TPSA) is 77.4 Å². The van der Waals surface area contributed by atoms with E-state index in [0.29, 0.717) is 53.3 Å². The normalized spacial score (nSPS) is 18.2. The number of nitrogens with zero attached hydrogens (tertiary/aromatic N) is 2. The molecular weight excluding hydrogens is 440 g/mol. The number of hydrogen-bond donors (Lipinski definition) is 0. The Morgan fingerprint density at radius 1 is 1.27 bits per heavy atom. The van der Waals surface area contributed by atoms with Gasteiger partial charge in [0.1, 0.15) is 0 Å². The lowest BCUT2D eigenvalue weighted by atomic mass is 9.93. The zero-order valence-electron chi connectivity index (χ0n) is 20.2. The highest BCUT2D eigenvalue weighted by Gasteiger charge is 2.42. The van der Waals surface area contributed by atoms with Crippen LogP contribution in [0.15, 0.2) is 34.5 Å². The summed E-state index contributed by atoms with van der Waals surface area (Å²) in [5.41, 5.74) is 1.71. The van der Waals surface area contributed by atoms with Crippen LogP contribution in [0.3, 0.4) is 0 Å². The molecule has 0 radical (unpaired) electrons. The van der Waals surface area contributed by atoms with Crippen LogP contribution >= 0.6 is 11.8 Å². The molecule has 33 heavy (non-hydrogen) atoms. The fourth-order valence-electron chi connectivity index (χ4n) is 3.80. The Morgan fingerprint density at radius 3 is 2.76 bits per heavy atom. The van der Waals surface area contributed by atoms with Gasteiger partial charge in [-0.25, -0.2) is 9.79 Å². The third-order valence-corrected chi connectivity index (χ3v) is 6.44. The molecule has 0 aliphatic carbocycles. The fourth-order valence-corrected chi connectivity index (χ4v) is 4.81. The van der Waals surface area contributed by atoms with E-state index in [4.69, 9.17) is 14.2 Å². The van der Waals surface area contributed by atoms with Gasteiger partial charge >= 0.3 is 5.97 Å². The van der Waals surface area contributed by atoms with Crippen molar-refractivity contribution in [3.05, 3.63) is 35.0 Å². The first-order valence-corrected chi connectivity index (χ1v) is 12.6. The van der Waals surface area contributed by atoms with E-state index in [0.717, 1.165) is 24.8 Å². The molecular formula is C25H34N2O5S. The van der Waals surface area contributed by atoms with Gasteiger partial charge in [-0.15, -0.1) is 0 Å². The van der Waals surface area contributed by atoms with E-state index in [1.807, 2.05) is 32.0 Å². The third-order valence-electron chi connectivity index (χ3n) is 5.48. The Kier molecular flexibility index (Phi) is 8.83. The van der Waals surface area contributed by atoms with E-state index < -0.39 is 12.0 Å². The number of carbonyl (C=O) groups is 2. The molecule has 0 bridgehead atoms. The van der Waals surface area contributed by atoms with Crippen molar-refractivity contribution in [1.29, 1.82) is 0 Å². The lowest BCUT2D eigenvalue weighted by Crippen LogP contribution is -2.45. The molecule has 1 aromatic carbocycles. The maximum Gasteiger partial charge on any atom is 0.338 e. The number of esters is 1. The molecule has 3 rings (SSSR count). The minimum atomic E-state index is -0.625. The second-order valence-corrected chi connectivity index (χ2v) is 9.68. The van der Waals surface area contributed by atoms with E-state index in [1.165, 1.54) is 11.8 Å². The number of hydrogen-bond acceptors (Lipinski definition) is 7. The number of allylic oxidation sites excluding steroid dienone is 1. The molecule has 1 fully saturated rings. The number of fused-ring (bicyclic) bond motifs is 1. The van der Waals surface area contributed by atoms with Crippen LogP contribution in [-0.2, 0) is 14.3 Å². The molecule has 0 saturated carbocycles. The fraction of sp³-hybridized carbons (Fsp3) is 0.560. The van der Waals surface area contributed by atoms with Gasteiger partial charge in [0.25, 0.3) is 0 Å². The summed E-state index contributed by atoms with van der Waals surface area (Å²) in [5.74, 6) is 1.58. The number of aliphatic imine (C=N–C) groups is 1. The molecule has 2 aliphatic heterocycles. The first-order chi connectivity index (χ1) is 15.9. The second-order valence-electron chi connectivity index (χ2n) is 8.62. The van der Waals surface area contributed by atoms with Crippen LogP contribution in [-0.4, -0.2) is 48.0 Å². The van der Waals surface area contributed by atoms with Gasteiger partial charge in [-0.05, 0) is 37.0 Å². The first-order valence-electron chi connectivity index (χ1n) is 11.6. The van der Waals surface area contributed by atoms with Crippen LogP contribution in [0.25, 0.3) is 0 Å². The van der Waals surface area contributed by atoms with Crippen LogP contribution in [0.1, 0.15) is 65.0 Å².